The molecule has 15 heteroatoms. The summed E-state index contributed by atoms with van der Waals surface area (Å²) < 4.78 is 47.5. The molecule has 38 heavy (non-hydrogen) atoms. The van der Waals surface area contributed by atoms with Crippen LogP contribution in [0.5, 0.6) is 5.75 Å². The van der Waals surface area contributed by atoms with Gasteiger partial charge >= 0.3 is 7.60 Å². The molecule has 3 aliphatic rings. The normalized spacial score (nSPS) is 23.6. The lowest BCUT2D eigenvalue weighted by Gasteiger charge is -2.55. The molecule has 3 fully saturated rings. The predicted molar refractivity (Wildman–Crippen MR) is 149 cm³/mol. The molecule has 1 aromatic heterocycles. The molecule has 3 aliphatic heterocycles. The molecule has 3 saturated heterocycles. The lowest BCUT2D eigenvalue weighted by Crippen LogP contribution is -2.75. The molecule has 0 unspecified atom stereocenters. The largest absolute Gasteiger partial charge is 0.493 e. The van der Waals surface area contributed by atoms with Gasteiger partial charge in [0.05, 0.1) is 19.7 Å². The van der Waals surface area contributed by atoms with Gasteiger partial charge in [0, 0.05) is 29.5 Å². The maximum atomic E-state index is 12.6. The second-order valence-corrected chi connectivity index (χ2v) is 15.1. The zero-order chi connectivity index (χ0) is 27.6. The second kappa shape index (κ2) is 11.4. The van der Waals surface area contributed by atoms with Gasteiger partial charge in [0.15, 0.2) is 5.96 Å². The first kappa shape index (κ1) is 29.2. The van der Waals surface area contributed by atoms with Crippen LogP contribution in [-0.4, -0.2) is 105 Å². The molecule has 2 aromatic rings. The molecule has 2 bridgehead atoms. The number of nitrogens with one attached hydrogen (secondary N) is 1. The van der Waals surface area contributed by atoms with Gasteiger partial charge in [-0.2, -0.15) is 4.72 Å². The van der Waals surface area contributed by atoms with Crippen molar-refractivity contribution in [3.63, 3.8) is 0 Å². The number of sulfonamides is 1. The van der Waals surface area contributed by atoms with Gasteiger partial charge in [-0.15, -0.1) is 11.3 Å². The van der Waals surface area contributed by atoms with E-state index in [4.69, 9.17) is 26.0 Å². The van der Waals surface area contributed by atoms with Crippen LogP contribution in [0.3, 0.4) is 0 Å². The summed E-state index contributed by atoms with van der Waals surface area (Å²) in [5.41, 5.74) is 11.4. The van der Waals surface area contributed by atoms with E-state index in [1.165, 1.54) is 43.8 Å². The lowest BCUT2D eigenvalue weighted by atomic mass is 10.1. The Morgan fingerprint density at radius 2 is 1.71 bits per heavy atom. The number of fused-ring (bicyclic) bond motifs is 4. The van der Waals surface area contributed by atoms with Gasteiger partial charge < -0.3 is 35.0 Å². The number of benzene rings is 1. The molecule has 0 saturated carbocycles. The summed E-state index contributed by atoms with van der Waals surface area (Å²) in [5.74, 6) is 0.843. The summed E-state index contributed by atoms with van der Waals surface area (Å²) in [6, 6.07) is 5.50. The minimum Gasteiger partial charge on any atom is -0.493 e. The number of nitrogens with zero attached hydrogens (tertiary/aromatic N) is 3. The highest BCUT2D eigenvalue weighted by Gasteiger charge is 2.48. The predicted octanol–water partition coefficient (Wildman–Crippen LogP) is 0.716. The van der Waals surface area contributed by atoms with Gasteiger partial charge in [-0.3, -0.25) is 9.56 Å². The van der Waals surface area contributed by atoms with Crippen molar-refractivity contribution in [2.45, 2.75) is 24.0 Å². The fourth-order valence-corrected chi connectivity index (χ4v) is 9.38. The quantitative estimate of drug-likeness (QED) is 0.0745. The Kier molecular flexibility index (Phi) is 8.75. The molecule has 7 N–H and O–H groups in total. The Bertz CT molecular complexity index is 1310. The number of aryl methyl sites for hydroxylation is 1. The smallest absolute Gasteiger partial charge is 0.340 e. The number of nitrogens with two attached hydrogens (primary N) is 2. The van der Waals surface area contributed by atoms with Crippen LogP contribution in [0.2, 0.25) is 0 Å². The molecule has 1 aromatic carbocycles. The molecule has 0 radical (unpaired) electrons. The van der Waals surface area contributed by atoms with Gasteiger partial charge in [0.2, 0.25) is 0 Å². The Morgan fingerprint density at radius 1 is 1.11 bits per heavy atom. The number of piperazine rings is 3. The molecule has 212 valence electrons. The summed E-state index contributed by atoms with van der Waals surface area (Å²) >= 11 is 1.07. The third-order valence-corrected chi connectivity index (χ3v) is 11.9. The van der Waals surface area contributed by atoms with Crippen LogP contribution in [0.4, 0.5) is 0 Å². The molecule has 4 heterocycles. The number of quaternary nitrogens is 2. The summed E-state index contributed by atoms with van der Waals surface area (Å²) in [7, 11) is -8.54. The van der Waals surface area contributed by atoms with Crippen molar-refractivity contribution < 1.29 is 36.5 Å². The van der Waals surface area contributed by atoms with E-state index in [-0.39, 0.29) is 10.2 Å². The van der Waals surface area contributed by atoms with E-state index in [1.54, 1.807) is 6.92 Å². The highest BCUT2D eigenvalue weighted by molar-refractivity contribution is 7.92. The first-order valence-electron chi connectivity index (χ1n) is 12.8. The molecule has 0 spiro atoms. The second-order valence-electron chi connectivity index (χ2n) is 10.5. The average molecular weight is 591 g/mol. The monoisotopic (exact) mass is 590 g/mol. The van der Waals surface area contributed by atoms with Gasteiger partial charge in [0.25, 0.3) is 10.0 Å². The Balaban J connectivity index is 1.28. The van der Waals surface area contributed by atoms with E-state index in [1.807, 2.05) is 22.9 Å². The van der Waals surface area contributed by atoms with E-state index in [0.717, 1.165) is 51.8 Å². The average Bonchev–Trinajstić information content (AvgIpc) is 3.21. The minimum atomic E-state index is -4.50. The lowest BCUT2D eigenvalue weighted by molar-refractivity contribution is -1.08. The van der Waals surface area contributed by atoms with Crippen LogP contribution < -0.4 is 20.9 Å². The summed E-state index contributed by atoms with van der Waals surface area (Å²) in [5, 5.41) is 0.756. The third-order valence-electron chi connectivity index (χ3n) is 7.85. The standard InChI is InChI=1S/C23H37N6O6PS2/c1-18-20-16-19(4-5-21(20)37-22(18)38(33,34)27-17-36(30,31)32)35-15-3-8-29-12-9-28(10-13-29,11-14-29)7-2-6-26-23(24)25/h4-5,16,27H,2-3,6-15,17H2,1H3,(H4-2,24,25,26,30,31,32)/p+2. The van der Waals surface area contributed by atoms with Crippen LogP contribution >= 0.6 is 18.9 Å². The summed E-state index contributed by atoms with van der Waals surface area (Å²) in [4.78, 5) is 22.1. The van der Waals surface area contributed by atoms with Crippen molar-refractivity contribution >= 4 is 45.0 Å². The van der Waals surface area contributed by atoms with Gasteiger partial charge in [-0.05, 0) is 30.7 Å². The van der Waals surface area contributed by atoms with Crippen molar-refractivity contribution in [1.29, 1.82) is 0 Å². The maximum absolute atomic E-state index is 12.6. The van der Waals surface area contributed by atoms with E-state index in [2.05, 4.69) is 4.99 Å². The summed E-state index contributed by atoms with van der Waals surface area (Å²) in [6.45, 7) is 12.4. The fourth-order valence-electron chi connectivity index (χ4n) is 5.58. The van der Waals surface area contributed by atoms with E-state index in [9.17, 15) is 13.0 Å². The van der Waals surface area contributed by atoms with E-state index in [0.29, 0.717) is 24.5 Å². The zero-order valence-electron chi connectivity index (χ0n) is 21.7. The Hall–Kier alpha value is -1.77. The number of guanidine groups is 1. The topological polar surface area (TPSA) is 177 Å². The number of ether oxygens (including phenoxy) is 1. The Morgan fingerprint density at radius 3 is 2.29 bits per heavy atom. The van der Waals surface area contributed by atoms with Crippen molar-refractivity contribution in [2.24, 2.45) is 16.5 Å². The molecule has 0 aliphatic carbocycles. The maximum Gasteiger partial charge on any atom is 0.340 e. The highest BCUT2D eigenvalue weighted by atomic mass is 32.2. The van der Waals surface area contributed by atoms with Crippen LogP contribution in [0.15, 0.2) is 27.4 Å². The molecule has 0 amide bonds. The number of thiophene rings is 1. The number of rotatable bonds is 13. The fraction of sp³-hybridized carbons (Fsp3) is 0.609. The first-order chi connectivity index (χ1) is 17.8. The zero-order valence-corrected chi connectivity index (χ0v) is 24.2. The molecule has 5 rings (SSSR count). The van der Waals surface area contributed by atoms with Crippen LogP contribution in [0.25, 0.3) is 10.1 Å². The molecule has 12 nitrogen and oxygen atoms in total. The number of hydrogen-bond donors (Lipinski definition) is 5. The van der Waals surface area contributed by atoms with E-state index >= 15 is 0 Å². The van der Waals surface area contributed by atoms with Gasteiger partial charge in [-0.1, -0.05) is 0 Å². The van der Waals surface area contributed by atoms with Crippen molar-refractivity contribution in [3.8, 4) is 5.75 Å². The van der Waals surface area contributed by atoms with E-state index < -0.39 is 23.9 Å². The highest BCUT2D eigenvalue weighted by Crippen LogP contribution is 2.38. The Labute approximate surface area is 227 Å². The van der Waals surface area contributed by atoms with Crippen molar-refractivity contribution in [2.75, 3.05) is 71.8 Å². The van der Waals surface area contributed by atoms with Crippen LogP contribution in [0, 0.1) is 6.92 Å². The first-order valence-corrected chi connectivity index (χ1v) is 16.9. The number of hydrogen-bond acceptors (Lipinski definition) is 6. The number of aliphatic imine (C=N–C) groups is 1. The van der Waals surface area contributed by atoms with Crippen LogP contribution in [-0.2, 0) is 14.6 Å². The minimum absolute atomic E-state index is 0.0508. The van der Waals surface area contributed by atoms with Crippen molar-refractivity contribution in [1.82, 2.24) is 4.72 Å². The molecular weight excluding hydrogens is 551 g/mol. The van der Waals surface area contributed by atoms with Gasteiger partial charge in [-0.25, -0.2) is 8.42 Å². The third kappa shape index (κ3) is 7.05. The van der Waals surface area contributed by atoms with Crippen molar-refractivity contribution in [3.05, 3.63) is 23.8 Å². The molecule has 0 atom stereocenters. The SMILES string of the molecule is Cc1c(S(=O)(=O)NCP(=O)(O)O)sc2ccc(OCCC[N+]34CC[N+](CCCN=C(N)N)(CC3)CC4)cc12. The molecular formula is C23H39N6O6PS2+2. The van der Waals surface area contributed by atoms with Gasteiger partial charge in [0.1, 0.15) is 55.5 Å². The summed E-state index contributed by atoms with van der Waals surface area (Å²) in [6.07, 6.45) is 1.02. The van der Waals surface area contributed by atoms with Crippen LogP contribution in [0.1, 0.15) is 18.4 Å².